The van der Waals surface area contributed by atoms with Crippen LogP contribution in [-0.4, -0.2) is 36.1 Å². The van der Waals surface area contributed by atoms with E-state index in [0.29, 0.717) is 5.06 Å². The van der Waals surface area contributed by atoms with Crippen molar-refractivity contribution in [2.24, 2.45) is 5.73 Å². The number of nitriles is 1. The Morgan fingerprint density at radius 3 is 2.93 bits per heavy atom. The molecule has 0 aliphatic carbocycles. The van der Waals surface area contributed by atoms with Crippen LogP contribution in [-0.2, 0) is 9.63 Å². The number of hydrogen-bond donors (Lipinski definition) is 1. The molecule has 7 heteroatoms. The number of rotatable bonds is 2. The van der Waals surface area contributed by atoms with E-state index in [9.17, 15) is 13.6 Å². The Morgan fingerprint density at radius 1 is 1.79 bits per heavy atom. The number of alkyl halides is 2. The number of hydrogen-bond acceptors (Lipinski definition) is 5. The van der Waals surface area contributed by atoms with Crippen LogP contribution >= 0.6 is 0 Å². The molecular weight excluding hydrogens is 196 g/mol. The molecule has 1 saturated heterocycles. The summed E-state index contributed by atoms with van der Waals surface area (Å²) >= 11 is 0. The van der Waals surface area contributed by atoms with Crippen molar-refractivity contribution in [1.29, 1.82) is 5.26 Å². The van der Waals surface area contributed by atoms with E-state index < -0.39 is 37.4 Å². The molecule has 1 atom stereocenters. The minimum Gasteiger partial charge on any atom is -0.365 e. The molecule has 0 saturated carbocycles. The van der Waals surface area contributed by atoms with Crippen molar-refractivity contribution in [2.45, 2.75) is 18.4 Å². The Kier molecular flexibility index (Phi) is 2.98. The Morgan fingerprint density at radius 2 is 2.43 bits per heavy atom. The highest BCUT2D eigenvalue weighted by Crippen LogP contribution is 2.31. The fraction of sp³-hybridized carbons (Fsp3) is 0.714. The summed E-state index contributed by atoms with van der Waals surface area (Å²) in [4.78, 5) is 15.2. The molecule has 1 aliphatic heterocycles. The van der Waals surface area contributed by atoms with Gasteiger partial charge in [-0.3, -0.25) is 0 Å². The molecule has 0 aromatic carbocycles. The normalized spacial score (nSPS) is 25.7. The first-order valence-electron chi connectivity index (χ1n) is 3.93. The van der Waals surface area contributed by atoms with Gasteiger partial charge >= 0.3 is 5.97 Å². The summed E-state index contributed by atoms with van der Waals surface area (Å²) in [6.07, 6.45) is -0.624. The molecule has 0 aromatic rings. The predicted molar refractivity (Wildman–Crippen MR) is 40.8 cm³/mol. The molecule has 0 amide bonds. The summed E-state index contributed by atoms with van der Waals surface area (Å²) in [7, 11) is 0. The summed E-state index contributed by atoms with van der Waals surface area (Å²) in [5.74, 6) is -3.82. The Bertz CT molecular complexity index is 277. The van der Waals surface area contributed by atoms with Crippen LogP contribution in [0.15, 0.2) is 0 Å². The van der Waals surface area contributed by atoms with Gasteiger partial charge in [-0.25, -0.2) is 13.6 Å². The Labute approximate surface area is 79.0 Å². The van der Waals surface area contributed by atoms with Crippen molar-refractivity contribution in [3.63, 3.8) is 0 Å². The zero-order valence-corrected chi connectivity index (χ0v) is 7.24. The number of halogens is 2. The molecule has 0 unspecified atom stereocenters. The minimum absolute atomic E-state index is 0.403. The van der Waals surface area contributed by atoms with Crippen LogP contribution in [0.25, 0.3) is 0 Å². The molecule has 0 spiro atoms. The molecule has 5 nitrogen and oxygen atoms in total. The molecule has 1 fully saturated rings. The maximum atomic E-state index is 12.8. The number of carbonyl (C=O) groups excluding carboxylic acids is 1. The van der Waals surface area contributed by atoms with Crippen LogP contribution in [0.3, 0.4) is 0 Å². The van der Waals surface area contributed by atoms with Gasteiger partial charge in [-0.05, 0) is 0 Å². The third-order valence-electron chi connectivity index (χ3n) is 1.76. The van der Waals surface area contributed by atoms with Crippen LogP contribution in [0.4, 0.5) is 8.78 Å². The molecule has 78 valence electrons. The molecule has 0 radical (unpaired) electrons. The van der Waals surface area contributed by atoms with Gasteiger partial charge in [-0.2, -0.15) is 5.26 Å². The zero-order valence-electron chi connectivity index (χ0n) is 7.24. The molecule has 1 aliphatic rings. The second kappa shape index (κ2) is 3.86. The van der Waals surface area contributed by atoms with Crippen molar-refractivity contribution in [1.82, 2.24) is 5.06 Å². The first-order chi connectivity index (χ1) is 6.48. The fourth-order valence-corrected chi connectivity index (χ4v) is 1.16. The molecular formula is C7H9F2N3O2. The first-order valence-corrected chi connectivity index (χ1v) is 3.93. The van der Waals surface area contributed by atoms with Crippen molar-refractivity contribution in [3.05, 3.63) is 0 Å². The molecule has 1 heterocycles. The van der Waals surface area contributed by atoms with E-state index in [2.05, 4.69) is 4.84 Å². The SMILES string of the molecule is N#C[C@@H]1CC(F)(F)CN1OC(=O)CN. The molecule has 2 N–H and O–H groups in total. The Hall–Kier alpha value is -1.26. The topological polar surface area (TPSA) is 79.4 Å². The summed E-state index contributed by atoms with van der Waals surface area (Å²) in [5, 5.41) is 9.18. The van der Waals surface area contributed by atoms with Gasteiger partial charge in [0.2, 0.25) is 0 Å². The molecule has 0 aromatic heterocycles. The van der Waals surface area contributed by atoms with Crippen LogP contribution in [0.5, 0.6) is 0 Å². The number of nitrogens with two attached hydrogens (primary N) is 1. The monoisotopic (exact) mass is 205 g/mol. The van der Waals surface area contributed by atoms with E-state index in [-0.39, 0.29) is 0 Å². The maximum Gasteiger partial charge on any atom is 0.338 e. The highest BCUT2D eigenvalue weighted by molar-refractivity contribution is 5.71. The van der Waals surface area contributed by atoms with Crippen molar-refractivity contribution < 1.29 is 18.4 Å². The van der Waals surface area contributed by atoms with Crippen LogP contribution in [0.2, 0.25) is 0 Å². The first kappa shape index (κ1) is 10.8. The Balaban J connectivity index is 2.61. The average molecular weight is 205 g/mol. The van der Waals surface area contributed by atoms with E-state index in [4.69, 9.17) is 11.0 Å². The van der Waals surface area contributed by atoms with Gasteiger partial charge in [0.05, 0.1) is 12.6 Å². The summed E-state index contributed by atoms with van der Waals surface area (Å²) < 4.78 is 25.5. The van der Waals surface area contributed by atoms with E-state index in [0.717, 1.165) is 0 Å². The lowest BCUT2D eigenvalue weighted by molar-refractivity contribution is -0.192. The van der Waals surface area contributed by atoms with Crippen molar-refractivity contribution in [2.75, 3.05) is 13.1 Å². The largest absolute Gasteiger partial charge is 0.365 e. The summed E-state index contributed by atoms with van der Waals surface area (Å²) in [6.45, 7) is -1.16. The smallest absolute Gasteiger partial charge is 0.338 e. The highest BCUT2D eigenvalue weighted by atomic mass is 19.3. The van der Waals surface area contributed by atoms with Gasteiger partial charge in [-0.15, -0.1) is 5.06 Å². The van der Waals surface area contributed by atoms with Crippen LogP contribution < -0.4 is 5.73 Å². The third-order valence-corrected chi connectivity index (χ3v) is 1.76. The van der Waals surface area contributed by atoms with Crippen molar-refractivity contribution in [3.8, 4) is 6.07 Å². The average Bonchev–Trinajstić information content (AvgIpc) is 2.40. The van der Waals surface area contributed by atoms with Crippen LogP contribution in [0.1, 0.15) is 6.42 Å². The summed E-state index contributed by atoms with van der Waals surface area (Å²) in [5.41, 5.74) is 4.93. The predicted octanol–water partition coefficient (Wildman–Crippen LogP) is -0.364. The standard InChI is InChI=1S/C7H9F2N3O2/c8-7(9)1-5(2-10)12(4-7)14-6(13)3-11/h5H,1,3-4,11H2/t5-/m0/s1. The van der Waals surface area contributed by atoms with Crippen LogP contribution in [0, 0.1) is 11.3 Å². The maximum absolute atomic E-state index is 12.8. The molecule has 14 heavy (non-hydrogen) atoms. The number of carbonyl (C=O) groups is 1. The third kappa shape index (κ3) is 2.37. The van der Waals surface area contributed by atoms with Gasteiger partial charge in [0.1, 0.15) is 12.6 Å². The summed E-state index contributed by atoms with van der Waals surface area (Å²) in [6, 6.07) is 0.530. The van der Waals surface area contributed by atoms with Crippen molar-refractivity contribution >= 4 is 5.97 Å². The van der Waals surface area contributed by atoms with Gasteiger partial charge in [0.25, 0.3) is 5.92 Å². The fourth-order valence-electron chi connectivity index (χ4n) is 1.16. The van der Waals surface area contributed by atoms with E-state index in [1.54, 1.807) is 6.07 Å². The number of nitrogens with zero attached hydrogens (tertiary/aromatic N) is 2. The quantitative estimate of drug-likeness (QED) is 0.665. The van der Waals surface area contributed by atoms with E-state index in [1.165, 1.54) is 0 Å². The lowest BCUT2D eigenvalue weighted by Gasteiger charge is -2.16. The zero-order chi connectivity index (χ0) is 10.8. The van der Waals surface area contributed by atoms with E-state index in [1.807, 2.05) is 0 Å². The lowest BCUT2D eigenvalue weighted by atomic mass is 10.2. The van der Waals surface area contributed by atoms with Gasteiger partial charge in [0.15, 0.2) is 0 Å². The van der Waals surface area contributed by atoms with E-state index >= 15 is 0 Å². The second-order valence-electron chi connectivity index (χ2n) is 2.95. The second-order valence-corrected chi connectivity index (χ2v) is 2.95. The highest BCUT2D eigenvalue weighted by Gasteiger charge is 2.47. The molecule has 0 bridgehead atoms. The molecule has 1 rings (SSSR count). The number of hydroxylamine groups is 2. The van der Waals surface area contributed by atoms with Gasteiger partial charge < -0.3 is 10.6 Å². The lowest BCUT2D eigenvalue weighted by Crippen LogP contribution is -2.34. The van der Waals surface area contributed by atoms with Gasteiger partial charge in [-0.1, -0.05) is 0 Å². The minimum atomic E-state index is -2.99. The van der Waals surface area contributed by atoms with Gasteiger partial charge in [0, 0.05) is 6.42 Å².